The Bertz CT molecular complexity index is 1430. The quantitative estimate of drug-likeness (QED) is 0.164. The topological polar surface area (TPSA) is 98.7 Å². The van der Waals surface area contributed by atoms with Crippen LogP contribution < -0.4 is 20.1 Å². The first kappa shape index (κ1) is 32.8. The highest BCUT2D eigenvalue weighted by Gasteiger charge is 2.37. The van der Waals surface area contributed by atoms with Crippen LogP contribution in [-0.4, -0.2) is 113 Å². The van der Waals surface area contributed by atoms with E-state index in [4.69, 9.17) is 23.7 Å². The number of likely N-dealkylation sites (N-methyl/N-ethyl adjacent to an activating group) is 1. The number of ether oxygens (including phenoxy) is 5. The van der Waals surface area contributed by atoms with Crippen molar-refractivity contribution in [1.82, 2.24) is 19.7 Å². The normalized spacial score (nSPS) is 17.8. The van der Waals surface area contributed by atoms with Crippen LogP contribution in [0.1, 0.15) is 17.0 Å². The minimum atomic E-state index is -0.198. The van der Waals surface area contributed by atoms with Crippen molar-refractivity contribution in [3.8, 4) is 11.5 Å². The molecule has 2 aliphatic heterocycles. The maximum Gasteiger partial charge on any atom is 0.243 e. The number of nitrogens with zero attached hydrogens (tertiary/aromatic N) is 3. The van der Waals surface area contributed by atoms with Gasteiger partial charge < -0.3 is 43.8 Å². The van der Waals surface area contributed by atoms with Gasteiger partial charge in [0, 0.05) is 74.6 Å². The summed E-state index contributed by atoms with van der Waals surface area (Å²) in [6.07, 6.45) is 3.55. The molecule has 3 aromatic rings. The van der Waals surface area contributed by atoms with Gasteiger partial charge in [-0.1, -0.05) is 24.8 Å². The number of carbonyl (C=O) groups is 1. The van der Waals surface area contributed by atoms with Crippen LogP contribution in [-0.2, 0) is 32.6 Å². The number of fused-ring (bicyclic) bond motifs is 2. The van der Waals surface area contributed by atoms with Crippen molar-refractivity contribution in [2.45, 2.75) is 18.5 Å². The molecule has 45 heavy (non-hydrogen) atoms. The van der Waals surface area contributed by atoms with E-state index < -0.39 is 0 Å². The Morgan fingerprint density at radius 3 is 2.53 bits per heavy atom. The van der Waals surface area contributed by atoms with Gasteiger partial charge in [-0.05, 0) is 43.9 Å². The molecule has 5 rings (SSSR count). The molecule has 2 aromatic carbocycles. The number of nitrogens with one attached hydrogen (secondary N) is 2. The van der Waals surface area contributed by atoms with Crippen LogP contribution in [0.2, 0.25) is 0 Å². The zero-order valence-electron chi connectivity index (χ0n) is 26.8. The van der Waals surface area contributed by atoms with E-state index in [-0.39, 0.29) is 5.91 Å². The third-order valence-electron chi connectivity index (χ3n) is 8.37. The molecule has 1 saturated heterocycles. The lowest BCUT2D eigenvalue weighted by atomic mass is 9.93. The van der Waals surface area contributed by atoms with Gasteiger partial charge in [0.15, 0.2) is 11.5 Å². The van der Waals surface area contributed by atoms with Gasteiger partial charge in [0.25, 0.3) is 0 Å². The van der Waals surface area contributed by atoms with Crippen molar-refractivity contribution in [1.29, 1.82) is 0 Å². The van der Waals surface area contributed by atoms with Crippen LogP contribution in [0.4, 0.5) is 5.69 Å². The number of anilines is 1. The molecule has 3 heterocycles. The smallest absolute Gasteiger partial charge is 0.243 e. The summed E-state index contributed by atoms with van der Waals surface area (Å²) in [6.45, 7) is 10.7. The average Bonchev–Trinajstić information content (AvgIpc) is 3.77. The van der Waals surface area contributed by atoms with Gasteiger partial charge in [-0.3, -0.25) is 9.69 Å². The Balaban J connectivity index is 1.06. The lowest BCUT2D eigenvalue weighted by Crippen LogP contribution is -2.34. The summed E-state index contributed by atoms with van der Waals surface area (Å²) < 4.78 is 30.3. The third kappa shape index (κ3) is 8.56. The summed E-state index contributed by atoms with van der Waals surface area (Å²) >= 11 is 0. The van der Waals surface area contributed by atoms with E-state index >= 15 is 0 Å². The lowest BCUT2D eigenvalue weighted by Gasteiger charge is -2.25. The summed E-state index contributed by atoms with van der Waals surface area (Å²) in [5.41, 5.74) is 4.87. The molecule has 0 unspecified atom stereocenters. The van der Waals surface area contributed by atoms with E-state index in [1.807, 2.05) is 6.07 Å². The summed E-state index contributed by atoms with van der Waals surface area (Å²) in [5, 5.41) is 7.46. The van der Waals surface area contributed by atoms with Gasteiger partial charge in [0.1, 0.15) is 0 Å². The molecule has 11 heteroatoms. The fourth-order valence-electron chi connectivity index (χ4n) is 6.13. The minimum absolute atomic E-state index is 0.198. The van der Waals surface area contributed by atoms with Crippen LogP contribution in [0.25, 0.3) is 10.9 Å². The molecule has 0 aliphatic carbocycles. The predicted molar refractivity (Wildman–Crippen MR) is 175 cm³/mol. The zero-order chi connectivity index (χ0) is 31.6. The van der Waals surface area contributed by atoms with E-state index in [0.29, 0.717) is 71.5 Å². The maximum absolute atomic E-state index is 11.1. The third-order valence-corrected chi connectivity index (χ3v) is 8.37. The number of aromatic nitrogens is 1. The zero-order valence-corrected chi connectivity index (χ0v) is 26.8. The van der Waals surface area contributed by atoms with Crippen molar-refractivity contribution in [3.05, 3.63) is 66.4 Å². The number of benzene rings is 2. The van der Waals surface area contributed by atoms with Crippen molar-refractivity contribution in [2.24, 2.45) is 7.05 Å². The molecule has 0 radical (unpaired) electrons. The molecule has 1 fully saturated rings. The molecule has 0 spiro atoms. The largest absolute Gasteiger partial charge is 0.454 e. The molecule has 11 nitrogen and oxygen atoms in total. The summed E-state index contributed by atoms with van der Waals surface area (Å²) in [4.78, 5) is 16.0. The lowest BCUT2D eigenvalue weighted by molar-refractivity contribution is -0.116. The van der Waals surface area contributed by atoms with Gasteiger partial charge >= 0.3 is 0 Å². The molecule has 1 amide bonds. The fraction of sp³-hybridized carbons (Fsp3) is 0.500. The predicted octanol–water partition coefficient (Wildman–Crippen LogP) is 3.20. The Morgan fingerprint density at radius 1 is 1.02 bits per heavy atom. The highest BCUT2D eigenvalue weighted by atomic mass is 16.7. The Kier molecular flexibility index (Phi) is 11.7. The highest BCUT2D eigenvalue weighted by molar-refractivity contribution is 5.88. The van der Waals surface area contributed by atoms with E-state index in [9.17, 15) is 4.79 Å². The maximum atomic E-state index is 11.1. The standard InChI is InChI=1S/C34H47N5O6/c1-5-33(40)36-12-14-42-16-18-43-17-15-41-13-11-35-26-9-10-27-28(21-38(4)30(27)19-26)29-22-39(23-31(29)37(2)3)20-25-7-6-8-32-34(25)45-24-44-32/h5-10,19,21,29,31,35H,1,11-18,20,22-24H2,2-4H3,(H,36,40)/t29-,31+/m1/s1. The van der Waals surface area contributed by atoms with E-state index in [1.165, 1.54) is 28.1 Å². The van der Waals surface area contributed by atoms with Crippen LogP contribution in [0, 0.1) is 0 Å². The number of para-hydroxylation sites is 1. The first-order valence-corrected chi connectivity index (χ1v) is 15.7. The van der Waals surface area contributed by atoms with Crippen LogP contribution in [0.15, 0.2) is 55.3 Å². The van der Waals surface area contributed by atoms with Crippen LogP contribution in [0.5, 0.6) is 11.5 Å². The van der Waals surface area contributed by atoms with E-state index in [2.05, 4.69) is 89.3 Å². The van der Waals surface area contributed by atoms with E-state index in [0.717, 1.165) is 36.8 Å². The van der Waals surface area contributed by atoms with Crippen molar-refractivity contribution < 1.29 is 28.5 Å². The van der Waals surface area contributed by atoms with Crippen LogP contribution in [0.3, 0.4) is 0 Å². The highest BCUT2D eigenvalue weighted by Crippen LogP contribution is 2.40. The van der Waals surface area contributed by atoms with Gasteiger partial charge in [-0.25, -0.2) is 0 Å². The fourth-order valence-corrected chi connectivity index (χ4v) is 6.13. The Hall–Kier alpha value is -3.61. The van der Waals surface area contributed by atoms with Gasteiger partial charge in [0.05, 0.1) is 45.2 Å². The second-order valence-electron chi connectivity index (χ2n) is 11.7. The molecule has 0 bridgehead atoms. The SMILES string of the molecule is C=CC(=O)NCCOCCOCCOCCNc1ccc2c([C@H]3CN(Cc4cccc5c4OCO5)C[C@@H]3N(C)C)cn(C)c2c1. The van der Waals surface area contributed by atoms with Crippen molar-refractivity contribution in [2.75, 3.05) is 92.0 Å². The molecule has 2 N–H and O–H groups in total. The number of amides is 1. The van der Waals surface area contributed by atoms with Crippen molar-refractivity contribution in [3.63, 3.8) is 0 Å². The molecular formula is C34H47N5O6. The van der Waals surface area contributed by atoms with Crippen molar-refractivity contribution >= 4 is 22.5 Å². The first-order valence-electron chi connectivity index (χ1n) is 15.7. The molecule has 1 aromatic heterocycles. The van der Waals surface area contributed by atoms with E-state index in [1.54, 1.807) is 0 Å². The van der Waals surface area contributed by atoms with Gasteiger partial charge in [0.2, 0.25) is 12.7 Å². The summed E-state index contributed by atoms with van der Waals surface area (Å²) in [5.74, 6) is 1.92. The number of carbonyl (C=O) groups excluding carboxylic acids is 1. The first-order chi connectivity index (χ1) is 21.9. The average molecular weight is 622 g/mol. The monoisotopic (exact) mass is 621 g/mol. The number of hydrogen-bond acceptors (Lipinski definition) is 9. The second kappa shape index (κ2) is 16.1. The number of aryl methyl sites for hydroxylation is 1. The molecule has 2 atom stereocenters. The molecule has 244 valence electrons. The number of rotatable bonds is 18. The second-order valence-corrected chi connectivity index (χ2v) is 11.7. The summed E-state index contributed by atoms with van der Waals surface area (Å²) in [6, 6.07) is 13.2. The van der Waals surface area contributed by atoms with Gasteiger partial charge in [-0.15, -0.1) is 0 Å². The minimum Gasteiger partial charge on any atom is -0.454 e. The Morgan fingerprint density at radius 2 is 1.78 bits per heavy atom. The number of hydrogen-bond donors (Lipinski definition) is 2. The molecule has 2 aliphatic rings. The molecular weight excluding hydrogens is 574 g/mol. The number of likely N-dealkylation sites (tertiary alicyclic amines) is 1. The van der Waals surface area contributed by atoms with Gasteiger partial charge in [-0.2, -0.15) is 0 Å². The summed E-state index contributed by atoms with van der Waals surface area (Å²) in [7, 11) is 6.50. The Labute approximate surface area is 266 Å². The molecule has 0 saturated carbocycles. The van der Waals surface area contributed by atoms with Crippen LogP contribution >= 0.6 is 0 Å².